The first-order valence-electron chi connectivity index (χ1n) is 7.02. The first-order chi connectivity index (χ1) is 11.1. The third-order valence-electron chi connectivity index (χ3n) is 3.50. The van der Waals surface area contributed by atoms with Crippen LogP contribution in [0.1, 0.15) is 36.9 Å². The number of thiazole rings is 1. The molecule has 5 heteroatoms. The van der Waals surface area contributed by atoms with E-state index >= 15 is 0 Å². The summed E-state index contributed by atoms with van der Waals surface area (Å²) in [5.74, 6) is -0.252. The number of fused-ring (bicyclic) bond motifs is 2. The zero-order chi connectivity index (χ0) is 16.4. The Bertz CT molecular complexity index is 886. The van der Waals surface area contributed by atoms with Crippen molar-refractivity contribution in [2.24, 2.45) is 0 Å². The summed E-state index contributed by atoms with van der Waals surface area (Å²) in [5, 5.41) is 3.10. The summed E-state index contributed by atoms with van der Waals surface area (Å²) in [5.41, 5.74) is 7.89. The summed E-state index contributed by atoms with van der Waals surface area (Å²) < 4.78 is 0. The second-order valence-corrected chi connectivity index (χ2v) is 6.16. The van der Waals surface area contributed by atoms with Crippen molar-refractivity contribution in [3.8, 4) is 0 Å². The Balaban J connectivity index is 0.000000220. The van der Waals surface area contributed by atoms with Crippen molar-refractivity contribution in [3.63, 3.8) is 0 Å². The van der Waals surface area contributed by atoms with E-state index in [0.29, 0.717) is 27.9 Å². The second-order valence-electron chi connectivity index (χ2n) is 5.06. The highest BCUT2D eigenvalue weighted by atomic mass is 32.1. The lowest BCUT2D eigenvalue weighted by Crippen LogP contribution is -2.20. The third kappa shape index (κ3) is 2.91. The average molecular weight is 322 g/mol. The summed E-state index contributed by atoms with van der Waals surface area (Å²) >= 11 is 1.67. The van der Waals surface area contributed by atoms with Crippen LogP contribution in [0.2, 0.25) is 0 Å². The van der Waals surface area contributed by atoms with Crippen molar-refractivity contribution in [1.82, 2.24) is 4.98 Å². The molecule has 0 amide bonds. The van der Waals surface area contributed by atoms with Gasteiger partial charge in [-0.3, -0.25) is 14.6 Å². The van der Waals surface area contributed by atoms with Gasteiger partial charge < -0.3 is 5.73 Å². The van der Waals surface area contributed by atoms with Crippen LogP contribution in [0.25, 0.3) is 0 Å². The molecule has 0 fully saturated rings. The maximum absolute atomic E-state index is 12.2. The topological polar surface area (TPSA) is 73.0 Å². The zero-order valence-electron chi connectivity index (χ0n) is 12.4. The molecule has 2 N–H and O–H groups in total. The largest absolute Gasteiger partial charge is 0.399 e. The Morgan fingerprint density at radius 3 is 2.04 bits per heavy atom. The van der Waals surface area contributed by atoms with Gasteiger partial charge in [0, 0.05) is 39.5 Å². The van der Waals surface area contributed by atoms with Gasteiger partial charge in [0.2, 0.25) is 0 Å². The van der Waals surface area contributed by atoms with Crippen LogP contribution in [0.4, 0.5) is 5.69 Å². The maximum Gasteiger partial charge on any atom is 0.194 e. The summed E-state index contributed by atoms with van der Waals surface area (Å²) in [4.78, 5) is 28.3. The van der Waals surface area contributed by atoms with Gasteiger partial charge >= 0.3 is 0 Å². The Kier molecular flexibility index (Phi) is 4.04. The molecule has 0 unspecified atom stereocenters. The number of benzene rings is 2. The number of ketones is 2. The van der Waals surface area contributed by atoms with Gasteiger partial charge in [-0.25, -0.2) is 0 Å². The molecule has 0 saturated carbocycles. The van der Waals surface area contributed by atoms with Gasteiger partial charge in [-0.1, -0.05) is 24.3 Å². The molecule has 2 aromatic carbocycles. The molecule has 1 aliphatic rings. The summed E-state index contributed by atoms with van der Waals surface area (Å²) in [6, 6.07) is 11.7. The van der Waals surface area contributed by atoms with Gasteiger partial charge in [-0.2, -0.15) is 0 Å². The molecule has 0 aliphatic heterocycles. The molecule has 1 heterocycles. The first kappa shape index (κ1) is 15.1. The lowest BCUT2D eigenvalue weighted by Gasteiger charge is -2.17. The number of aryl methyl sites for hydroxylation is 1. The lowest BCUT2D eigenvalue weighted by atomic mass is 9.84. The highest BCUT2D eigenvalue weighted by molar-refractivity contribution is 7.09. The highest BCUT2D eigenvalue weighted by Crippen LogP contribution is 2.28. The van der Waals surface area contributed by atoms with Gasteiger partial charge in [0.25, 0.3) is 0 Å². The van der Waals surface area contributed by atoms with E-state index in [4.69, 9.17) is 5.73 Å². The molecular formula is C18H14N2O2S. The van der Waals surface area contributed by atoms with E-state index in [1.54, 1.807) is 60.0 Å². The van der Waals surface area contributed by atoms with Crippen LogP contribution >= 0.6 is 11.3 Å². The Hall–Kier alpha value is -2.79. The number of rotatable bonds is 0. The monoisotopic (exact) mass is 322 g/mol. The molecule has 0 bridgehead atoms. The minimum Gasteiger partial charge on any atom is -0.399 e. The summed E-state index contributed by atoms with van der Waals surface area (Å²) in [6.45, 7) is 1.99. The van der Waals surface area contributed by atoms with E-state index in [1.807, 2.05) is 12.3 Å². The molecular weight excluding hydrogens is 308 g/mol. The van der Waals surface area contributed by atoms with Crippen molar-refractivity contribution < 1.29 is 9.59 Å². The Morgan fingerprint density at radius 2 is 1.52 bits per heavy atom. The lowest BCUT2D eigenvalue weighted by molar-refractivity contribution is 0.0979. The number of nitrogens with zero attached hydrogens (tertiary/aromatic N) is 1. The van der Waals surface area contributed by atoms with E-state index in [2.05, 4.69) is 4.98 Å². The van der Waals surface area contributed by atoms with Crippen molar-refractivity contribution in [3.05, 3.63) is 81.3 Å². The quantitative estimate of drug-likeness (QED) is 0.503. The van der Waals surface area contributed by atoms with Crippen molar-refractivity contribution in [2.45, 2.75) is 6.92 Å². The molecule has 1 aliphatic carbocycles. The Labute approximate surface area is 137 Å². The zero-order valence-corrected chi connectivity index (χ0v) is 13.3. The van der Waals surface area contributed by atoms with Crippen LogP contribution < -0.4 is 5.73 Å². The number of carbonyl (C=O) groups excluding carboxylic acids is 2. The van der Waals surface area contributed by atoms with Crippen LogP contribution in [-0.2, 0) is 0 Å². The van der Waals surface area contributed by atoms with E-state index < -0.39 is 0 Å². The molecule has 0 saturated heterocycles. The number of anilines is 1. The standard InChI is InChI=1S/C14H9NO2.C4H5NS/c15-8-5-6-11-12(7-8)14(17)10-4-2-1-3-9(10)13(11)16;1-4-5-2-3-6-4/h1-7H,15H2;2-3H,1H3. The summed E-state index contributed by atoms with van der Waals surface area (Å²) in [6.07, 6.45) is 1.81. The minimum atomic E-state index is -0.137. The fraction of sp³-hybridized carbons (Fsp3) is 0.0556. The van der Waals surface area contributed by atoms with Crippen LogP contribution in [0.15, 0.2) is 54.0 Å². The van der Waals surface area contributed by atoms with Gasteiger partial charge in [0.15, 0.2) is 11.6 Å². The number of hydrogen-bond acceptors (Lipinski definition) is 5. The number of nitrogen functional groups attached to an aromatic ring is 1. The molecule has 3 aromatic rings. The molecule has 0 radical (unpaired) electrons. The first-order valence-corrected chi connectivity index (χ1v) is 7.90. The number of aromatic nitrogens is 1. The molecule has 0 spiro atoms. The van der Waals surface area contributed by atoms with Gasteiger partial charge in [-0.15, -0.1) is 11.3 Å². The van der Waals surface area contributed by atoms with E-state index in [0.717, 1.165) is 5.01 Å². The van der Waals surface area contributed by atoms with Gasteiger partial charge in [-0.05, 0) is 25.1 Å². The molecule has 4 rings (SSSR count). The van der Waals surface area contributed by atoms with Gasteiger partial charge in [0.1, 0.15) is 0 Å². The van der Waals surface area contributed by atoms with Crippen LogP contribution in [0.5, 0.6) is 0 Å². The Morgan fingerprint density at radius 1 is 0.913 bits per heavy atom. The molecule has 23 heavy (non-hydrogen) atoms. The predicted octanol–water partition coefficient (Wildman–Crippen LogP) is 3.50. The number of nitrogens with two attached hydrogens (primary N) is 1. The number of carbonyl (C=O) groups is 2. The van der Waals surface area contributed by atoms with E-state index in [9.17, 15) is 9.59 Å². The van der Waals surface area contributed by atoms with Crippen LogP contribution in [0, 0.1) is 6.92 Å². The van der Waals surface area contributed by atoms with Crippen molar-refractivity contribution in [1.29, 1.82) is 0 Å². The van der Waals surface area contributed by atoms with Crippen molar-refractivity contribution in [2.75, 3.05) is 5.73 Å². The fourth-order valence-corrected chi connectivity index (χ4v) is 2.85. The fourth-order valence-electron chi connectivity index (χ4n) is 2.41. The molecule has 1 aromatic heterocycles. The summed E-state index contributed by atoms with van der Waals surface area (Å²) in [7, 11) is 0. The maximum atomic E-state index is 12.2. The average Bonchev–Trinajstić information content (AvgIpc) is 3.04. The SMILES string of the molecule is Cc1nccs1.Nc1ccc2c(c1)C(=O)c1ccccc1C2=O. The smallest absolute Gasteiger partial charge is 0.194 e. The van der Waals surface area contributed by atoms with E-state index in [1.165, 1.54) is 0 Å². The molecule has 0 atom stereocenters. The highest BCUT2D eigenvalue weighted by Gasteiger charge is 2.28. The van der Waals surface area contributed by atoms with Crippen molar-refractivity contribution >= 4 is 28.6 Å². The van der Waals surface area contributed by atoms with Gasteiger partial charge in [0.05, 0.1) is 5.01 Å². The molecule has 4 nitrogen and oxygen atoms in total. The number of hydrogen-bond donors (Lipinski definition) is 1. The minimum absolute atomic E-state index is 0.116. The normalized spacial score (nSPS) is 12.0. The second kappa shape index (κ2) is 6.14. The molecule has 114 valence electrons. The van der Waals surface area contributed by atoms with Crippen LogP contribution in [-0.4, -0.2) is 16.6 Å². The van der Waals surface area contributed by atoms with E-state index in [-0.39, 0.29) is 11.6 Å². The predicted molar refractivity (Wildman–Crippen MR) is 91.0 cm³/mol. The van der Waals surface area contributed by atoms with Crippen LogP contribution in [0.3, 0.4) is 0 Å². The third-order valence-corrected chi connectivity index (χ3v) is 4.21.